The first kappa shape index (κ1) is 9.86. The molecule has 0 unspecified atom stereocenters. The zero-order valence-corrected chi connectivity index (χ0v) is 8.77. The SMILES string of the molecule is Cc1ccc(-c2noc([C@@H](C)N)n2)cc1. The van der Waals surface area contributed by atoms with Gasteiger partial charge in [0, 0.05) is 5.56 Å². The molecule has 4 heteroatoms. The lowest BCUT2D eigenvalue weighted by atomic mass is 10.1. The van der Waals surface area contributed by atoms with Crippen molar-refractivity contribution in [2.24, 2.45) is 5.73 Å². The number of nitrogens with zero attached hydrogens (tertiary/aromatic N) is 2. The van der Waals surface area contributed by atoms with Gasteiger partial charge in [-0.3, -0.25) is 0 Å². The van der Waals surface area contributed by atoms with Gasteiger partial charge in [-0.15, -0.1) is 0 Å². The van der Waals surface area contributed by atoms with E-state index in [2.05, 4.69) is 10.1 Å². The highest BCUT2D eigenvalue weighted by atomic mass is 16.5. The van der Waals surface area contributed by atoms with E-state index >= 15 is 0 Å². The molecule has 0 saturated carbocycles. The molecule has 0 spiro atoms. The molecule has 0 aliphatic heterocycles. The summed E-state index contributed by atoms with van der Waals surface area (Å²) in [6.45, 7) is 3.85. The van der Waals surface area contributed by atoms with Crippen LogP contribution in [0.15, 0.2) is 28.8 Å². The van der Waals surface area contributed by atoms with Crippen molar-refractivity contribution >= 4 is 0 Å². The van der Waals surface area contributed by atoms with Gasteiger partial charge in [0.1, 0.15) is 0 Å². The van der Waals surface area contributed by atoms with Crippen LogP contribution in [0.2, 0.25) is 0 Å². The Hall–Kier alpha value is -1.68. The average Bonchev–Trinajstić information content (AvgIpc) is 2.68. The maximum absolute atomic E-state index is 5.63. The normalized spacial score (nSPS) is 12.7. The van der Waals surface area contributed by atoms with Gasteiger partial charge in [0.25, 0.3) is 0 Å². The molecule has 0 fully saturated rings. The Morgan fingerprint density at radius 2 is 1.93 bits per heavy atom. The molecule has 2 N–H and O–H groups in total. The second kappa shape index (κ2) is 3.82. The van der Waals surface area contributed by atoms with Gasteiger partial charge in [0.05, 0.1) is 6.04 Å². The van der Waals surface area contributed by atoms with Gasteiger partial charge in [-0.05, 0) is 13.8 Å². The number of hydrogen-bond acceptors (Lipinski definition) is 4. The van der Waals surface area contributed by atoms with Crippen LogP contribution >= 0.6 is 0 Å². The Bertz CT molecular complexity index is 445. The van der Waals surface area contributed by atoms with Crippen molar-refractivity contribution in [1.82, 2.24) is 10.1 Å². The number of aromatic nitrogens is 2. The van der Waals surface area contributed by atoms with Gasteiger partial charge >= 0.3 is 0 Å². The summed E-state index contributed by atoms with van der Waals surface area (Å²) in [5.74, 6) is 1.05. The van der Waals surface area contributed by atoms with Crippen LogP contribution in [0.25, 0.3) is 11.4 Å². The van der Waals surface area contributed by atoms with E-state index in [0.29, 0.717) is 11.7 Å². The molecule has 15 heavy (non-hydrogen) atoms. The molecule has 1 atom stereocenters. The maximum atomic E-state index is 5.63. The second-order valence-corrected chi connectivity index (χ2v) is 3.61. The zero-order valence-electron chi connectivity index (χ0n) is 8.77. The fraction of sp³-hybridized carbons (Fsp3) is 0.273. The molecule has 2 rings (SSSR count). The molecule has 78 valence electrons. The molecule has 1 heterocycles. The highest BCUT2D eigenvalue weighted by molar-refractivity contribution is 5.54. The topological polar surface area (TPSA) is 64.9 Å². The summed E-state index contributed by atoms with van der Waals surface area (Å²) in [5.41, 5.74) is 7.78. The van der Waals surface area contributed by atoms with Crippen molar-refractivity contribution in [3.63, 3.8) is 0 Å². The molecule has 2 aromatic rings. The molecular weight excluding hydrogens is 190 g/mol. The number of rotatable bonds is 2. The highest BCUT2D eigenvalue weighted by Gasteiger charge is 2.10. The van der Waals surface area contributed by atoms with Crippen molar-refractivity contribution in [2.75, 3.05) is 0 Å². The monoisotopic (exact) mass is 203 g/mol. The fourth-order valence-electron chi connectivity index (χ4n) is 1.24. The highest BCUT2D eigenvalue weighted by Crippen LogP contribution is 2.17. The van der Waals surface area contributed by atoms with Crippen LogP contribution < -0.4 is 5.73 Å². The minimum atomic E-state index is -0.225. The van der Waals surface area contributed by atoms with E-state index < -0.39 is 0 Å². The molecule has 1 aromatic heterocycles. The van der Waals surface area contributed by atoms with Crippen molar-refractivity contribution < 1.29 is 4.52 Å². The summed E-state index contributed by atoms with van der Waals surface area (Å²) in [4.78, 5) is 4.21. The summed E-state index contributed by atoms with van der Waals surface area (Å²) in [6, 6.07) is 7.72. The van der Waals surface area contributed by atoms with Gasteiger partial charge in [0.15, 0.2) is 0 Å². The molecule has 1 aromatic carbocycles. The quantitative estimate of drug-likeness (QED) is 0.811. The first-order valence-electron chi connectivity index (χ1n) is 4.83. The fourth-order valence-corrected chi connectivity index (χ4v) is 1.24. The van der Waals surface area contributed by atoms with E-state index in [9.17, 15) is 0 Å². The molecular formula is C11H13N3O. The molecule has 0 aliphatic rings. The molecule has 0 saturated heterocycles. The van der Waals surface area contributed by atoms with E-state index in [-0.39, 0.29) is 6.04 Å². The summed E-state index contributed by atoms with van der Waals surface area (Å²) in [7, 11) is 0. The third-order valence-electron chi connectivity index (χ3n) is 2.14. The summed E-state index contributed by atoms with van der Waals surface area (Å²) in [6.07, 6.45) is 0. The number of aryl methyl sites for hydroxylation is 1. The van der Waals surface area contributed by atoms with E-state index in [1.54, 1.807) is 0 Å². The van der Waals surface area contributed by atoms with Crippen molar-refractivity contribution in [2.45, 2.75) is 19.9 Å². The Morgan fingerprint density at radius 1 is 1.27 bits per heavy atom. The predicted octanol–water partition coefficient (Wildman–Crippen LogP) is 2.06. The van der Waals surface area contributed by atoms with Crippen LogP contribution in [0.4, 0.5) is 0 Å². The van der Waals surface area contributed by atoms with Crippen molar-refractivity contribution in [1.29, 1.82) is 0 Å². The Balaban J connectivity index is 2.33. The Labute approximate surface area is 88.1 Å². The third kappa shape index (κ3) is 2.05. The summed E-state index contributed by atoms with van der Waals surface area (Å²) >= 11 is 0. The van der Waals surface area contributed by atoms with Crippen molar-refractivity contribution in [3.05, 3.63) is 35.7 Å². The van der Waals surface area contributed by atoms with E-state index in [0.717, 1.165) is 5.56 Å². The maximum Gasteiger partial charge on any atom is 0.243 e. The minimum absolute atomic E-state index is 0.225. The lowest BCUT2D eigenvalue weighted by Crippen LogP contribution is -2.04. The van der Waals surface area contributed by atoms with Crippen LogP contribution in [-0.2, 0) is 0 Å². The Morgan fingerprint density at radius 3 is 2.47 bits per heavy atom. The van der Waals surface area contributed by atoms with E-state index in [4.69, 9.17) is 10.3 Å². The van der Waals surface area contributed by atoms with Crippen LogP contribution in [-0.4, -0.2) is 10.1 Å². The average molecular weight is 203 g/mol. The molecule has 4 nitrogen and oxygen atoms in total. The zero-order chi connectivity index (χ0) is 10.8. The second-order valence-electron chi connectivity index (χ2n) is 3.61. The predicted molar refractivity (Wildman–Crippen MR) is 57.1 cm³/mol. The standard InChI is InChI=1S/C11H13N3O/c1-7-3-5-9(6-4-7)10-13-11(8(2)12)15-14-10/h3-6,8H,12H2,1-2H3/t8-/m1/s1. The lowest BCUT2D eigenvalue weighted by Gasteiger charge is -1.95. The number of hydrogen-bond donors (Lipinski definition) is 1. The van der Waals surface area contributed by atoms with Gasteiger partial charge in [0.2, 0.25) is 11.7 Å². The minimum Gasteiger partial charge on any atom is -0.337 e. The van der Waals surface area contributed by atoms with Gasteiger partial charge in [-0.2, -0.15) is 4.98 Å². The van der Waals surface area contributed by atoms with Gasteiger partial charge in [-0.25, -0.2) is 0 Å². The summed E-state index contributed by atoms with van der Waals surface area (Å²) < 4.78 is 5.02. The van der Waals surface area contributed by atoms with Crippen LogP contribution in [0.5, 0.6) is 0 Å². The number of nitrogens with two attached hydrogens (primary N) is 1. The largest absolute Gasteiger partial charge is 0.337 e. The van der Waals surface area contributed by atoms with Crippen LogP contribution in [0.3, 0.4) is 0 Å². The molecule has 0 amide bonds. The van der Waals surface area contributed by atoms with E-state index in [1.165, 1.54) is 5.56 Å². The summed E-state index contributed by atoms with van der Waals surface area (Å²) in [5, 5.41) is 3.87. The first-order chi connectivity index (χ1) is 7.16. The third-order valence-corrected chi connectivity index (χ3v) is 2.14. The first-order valence-corrected chi connectivity index (χ1v) is 4.83. The Kier molecular flexibility index (Phi) is 2.51. The molecule has 0 radical (unpaired) electrons. The van der Waals surface area contributed by atoms with Crippen LogP contribution in [0.1, 0.15) is 24.4 Å². The van der Waals surface area contributed by atoms with E-state index in [1.807, 2.05) is 38.1 Å². The lowest BCUT2D eigenvalue weighted by molar-refractivity contribution is 0.362. The smallest absolute Gasteiger partial charge is 0.243 e. The number of benzene rings is 1. The van der Waals surface area contributed by atoms with Crippen molar-refractivity contribution in [3.8, 4) is 11.4 Å². The molecule has 0 bridgehead atoms. The van der Waals surface area contributed by atoms with Gasteiger partial charge in [-0.1, -0.05) is 35.0 Å². The van der Waals surface area contributed by atoms with Gasteiger partial charge < -0.3 is 10.3 Å². The van der Waals surface area contributed by atoms with Crippen LogP contribution in [0, 0.1) is 6.92 Å². The molecule has 0 aliphatic carbocycles.